The topological polar surface area (TPSA) is 52.7 Å². The highest BCUT2D eigenvalue weighted by Gasteiger charge is 2.13. The lowest BCUT2D eigenvalue weighted by Gasteiger charge is -2.14. The molecule has 0 saturated heterocycles. The predicted molar refractivity (Wildman–Crippen MR) is 84.8 cm³/mol. The van der Waals surface area contributed by atoms with Crippen LogP contribution in [0.4, 0.5) is 0 Å². The summed E-state index contributed by atoms with van der Waals surface area (Å²) in [7, 11) is 0. The Hall–Kier alpha value is -1.95. The average Bonchev–Trinajstić information content (AvgIpc) is 3.09. The molecular weight excluding hydrogens is 284 g/mol. The second-order valence-electron chi connectivity index (χ2n) is 5.22. The van der Waals surface area contributed by atoms with Crippen molar-refractivity contribution in [2.24, 2.45) is 0 Å². The third-order valence-electron chi connectivity index (χ3n) is 3.51. The van der Waals surface area contributed by atoms with Gasteiger partial charge in [-0.15, -0.1) is 11.3 Å². The summed E-state index contributed by atoms with van der Waals surface area (Å²) in [4.78, 5) is 19.1. The third kappa shape index (κ3) is 2.76. The van der Waals surface area contributed by atoms with E-state index < -0.39 is 0 Å². The maximum absolute atomic E-state index is 12.6. The number of thiophene rings is 1. The Bertz CT molecular complexity index is 788. The smallest absolute Gasteiger partial charge is 0.262 e. The lowest BCUT2D eigenvalue weighted by molar-refractivity contribution is 0.426. The van der Waals surface area contributed by atoms with Gasteiger partial charge in [0.15, 0.2) is 0 Å². The van der Waals surface area contributed by atoms with Gasteiger partial charge in [-0.05, 0) is 25.5 Å². The van der Waals surface area contributed by atoms with Crippen LogP contribution in [0.25, 0.3) is 10.2 Å². The Morgan fingerprint density at radius 3 is 3.00 bits per heavy atom. The van der Waals surface area contributed by atoms with Crippen molar-refractivity contribution in [3.8, 4) is 0 Å². The van der Waals surface area contributed by atoms with E-state index >= 15 is 0 Å². The molecule has 0 amide bonds. The molecule has 3 aromatic heterocycles. The number of nitrogens with zero attached hydrogens (tertiary/aromatic N) is 4. The van der Waals surface area contributed by atoms with E-state index in [2.05, 4.69) is 17.0 Å². The van der Waals surface area contributed by atoms with Crippen LogP contribution < -0.4 is 5.56 Å². The maximum atomic E-state index is 12.6. The lowest BCUT2D eigenvalue weighted by Crippen LogP contribution is -2.26. The minimum absolute atomic E-state index is 0.0174. The number of fused-ring (bicyclic) bond motifs is 1. The molecule has 0 aliphatic rings. The fraction of sp³-hybridized carbons (Fsp3) is 0.400. The first-order valence-electron chi connectivity index (χ1n) is 7.16. The van der Waals surface area contributed by atoms with E-state index in [0.717, 1.165) is 23.1 Å². The number of aromatic nitrogens is 4. The molecule has 110 valence electrons. The highest BCUT2D eigenvalue weighted by Crippen LogP contribution is 2.22. The van der Waals surface area contributed by atoms with Crippen molar-refractivity contribution in [3.05, 3.63) is 46.1 Å². The summed E-state index contributed by atoms with van der Waals surface area (Å²) >= 11 is 1.62. The first-order valence-corrected chi connectivity index (χ1v) is 7.97. The summed E-state index contributed by atoms with van der Waals surface area (Å²) in [5, 5.41) is 4.92. The van der Waals surface area contributed by atoms with Crippen LogP contribution in [-0.2, 0) is 13.0 Å². The van der Waals surface area contributed by atoms with Gasteiger partial charge in [-0.2, -0.15) is 5.10 Å². The lowest BCUT2D eigenvalue weighted by atomic mass is 10.2. The van der Waals surface area contributed by atoms with Gasteiger partial charge in [-0.3, -0.25) is 14.0 Å². The molecule has 1 unspecified atom stereocenters. The second kappa shape index (κ2) is 5.81. The average molecular weight is 302 g/mol. The molecule has 3 rings (SSSR count). The maximum Gasteiger partial charge on any atom is 0.262 e. The van der Waals surface area contributed by atoms with Crippen molar-refractivity contribution in [1.29, 1.82) is 0 Å². The van der Waals surface area contributed by atoms with E-state index in [1.165, 1.54) is 4.88 Å². The van der Waals surface area contributed by atoms with Gasteiger partial charge in [-0.25, -0.2) is 4.98 Å². The highest BCUT2D eigenvalue weighted by molar-refractivity contribution is 7.18. The van der Waals surface area contributed by atoms with Crippen molar-refractivity contribution in [3.63, 3.8) is 0 Å². The standard InChI is InChI=1S/C15H18N4OS/c1-3-5-12-8-13-14(21-12)16-10-19(15(13)20)11(2)9-18-7-4-6-17-18/h4,6-8,10-11H,3,5,9H2,1-2H3. The molecule has 3 heterocycles. The van der Waals surface area contributed by atoms with E-state index in [-0.39, 0.29) is 11.6 Å². The molecule has 21 heavy (non-hydrogen) atoms. The van der Waals surface area contributed by atoms with Crippen LogP contribution in [0.1, 0.15) is 31.2 Å². The fourth-order valence-corrected chi connectivity index (χ4v) is 3.52. The minimum atomic E-state index is 0.0174. The first-order chi connectivity index (χ1) is 10.2. The summed E-state index contributed by atoms with van der Waals surface area (Å²) in [6.45, 7) is 4.81. The van der Waals surface area contributed by atoms with Gasteiger partial charge >= 0.3 is 0 Å². The normalized spacial score (nSPS) is 12.9. The molecule has 6 heteroatoms. The molecule has 0 aliphatic heterocycles. The van der Waals surface area contributed by atoms with Crippen LogP contribution >= 0.6 is 11.3 Å². The Morgan fingerprint density at radius 2 is 2.29 bits per heavy atom. The molecule has 0 N–H and O–H groups in total. The summed E-state index contributed by atoms with van der Waals surface area (Å²) in [6.07, 6.45) is 7.38. The Balaban J connectivity index is 1.95. The second-order valence-corrected chi connectivity index (χ2v) is 6.33. The molecule has 0 radical (unpaired) electrons. The predicted octanol–water partition coefficient (Wildman–Crippen LogP) is 2.87. The fourth-order valence-electron chi connectivity index (χ4n) is 2.44. The van der Waals surface area contributed by atoms with Crippen LogP contribution in [-0.4, -0.2) is 19.3 Å². The van der Waals surface area contributed by atoms with E-state index in [9.17, 15) is 4.79 Å². The van der Waals surface area contributed by atoms with Crippen LogP contribution in [0.2, 0.25) is 0 Å². The van der Waals surface area contributed by atoms with Gasteiger partial charge in [0.25, 0.3) is 5.56 Å². The van der Waals surface area contributed by atoms with Gasteiger partial charge < -0.3 is 0 Å². The van der Waals surface area contributed by atoms with Crippen LogP contribution in [0.3, 0.4) is 0 Å². The molecule has 0 fully saturated rings. The van der Waals surface area contributed by atoms with Crippen molar-refractivity contribution in [2.75, 3.05) is 0 Å². The molecule has 0 aliphatic carbocycles. The zero-order chi connectivity index (χ0) is 14.8. The van der Waals surface area contributed by atoms with Gasteiger partial charge in [0.1, 0.15) is 4.83 Å². The first kappa shape index (κ1) is 14.0. The van der Waals surface area contributed by atoms with Crippen molar-refractivity contribution >= 4 is 21.6 Å². The monoisotopic (exact) mass is 302 g/mol. The number of rotatable bonds is 5. The Labute approximate surface area is 126 Å². The van der Waals surface area contributed by atoms with Crippen molar-refractivity contribution in [2.45, 2.75) is 39.3 Å². The molecule has 0 aromatic carbocycles. The largest absolute Gasteiger partial charge is 0.294 e. The van der Waals surface area contributed by atoms with Gasteiger partial charge in [-0.1, -0.05) is 13.3 Å². The number of aryl methyl sites for hydroxylation is 1. The Kier molecular flexibility index (Phi) is 3.88. The molecule has 1 atom stereocenters. The van der Waals surface area contributed by atoms with E-state index in [1.807, 2.05) is 29.9 Å². The summed E-state index contributed by atoms with van der Waals surface area (Å²) < 4.78 is 3.53. The molecule has 5 nitrogen and oxygen atoms in total. The molecule has 0 bridgehead atoms. The van der Waals surface area contributed by atoms with Crippen LogP contribution in [0.5, 0.6) is 0 Å². The molecule has 3 aromatic rings. The molecule has 0 spiro atoms. The summed E-state index contributed by atoms with van der Waals surface area (Å²) in [6, 6.07) is 3.90. The van der Waals surface area contributed by atoms with E-state index in [0.29, 0.717) is 6.54 Å². The van der Waals surface area contributed by atoms with Gasteiger partial charge in [0, 0.05) is 17.3 Å². The van der Waals surface area contributed by atoms with Gasteiger partial charge in [0.05, 0.1) is 24.3 Å². The van der Waals surface area contributed by atoms with Crippen LogP contribution in [0.15, 0.2) is 35.6 Å². The van der Waals surface area contributed by atoms with Crippen molar-refractivity contribution < 1.29 is 0 Å². The van der Waals surface area contributed by atoms with Crippen molar-refractivity contribution in [1.82, 2.24) is 19.3 Å². The third-order valence-corrected chi connectivity index (χ3v) is 4.61. The minimum Gasteiger partial charge on any atom is -0.294 e. The highest BCUT2D eigenvalue weighted by atomic mass is 32.1. The van der Waals surface area contributed by atoms with Gasteiger partial charge in [0.2, 0.25) is 0 Å². The Morgan fingerprint density at radius 1 is 1.43 bits per heavy atom. The number of hydrogen-bond acceptors (Lipinski definition) is 4. The zero-order valence-corrected chi connectivity index (χ0v) is 13.0. The number of hydrogen-bond donors (Lipinski definition) is 0. The molecular formula is C15H18N4OS. The van der Waals surface area contributed by atoms with E-state index in [4.69, 9.17) is 0 Å². The summed E-state index contributed by atoms with van der Waals surface area (Å²) in [5.41, 5.74) is 0.0401. The molecule has 0 saturated carbocycles. The zero-order valence-electron chi connectivity index (χ0n) is 12.2. The quantitative estimate of drug-likeness (QED) is 0.728. The van der Waals surface area contributed by atoms with E-state index in [1.54, 1.807) is 28.4 Å². The SMILES string of the molecule is CCCc1cc2c(=O)n(C(C)Cn3cccn3)cnc2s1. The van der Waals surface area contributed by atoms with Crippen LogP contribution in [0, 0.1) is 0 Å². The summed E-state index contributed by atoms with van der Waals surface area (Å²) in [5.74, 6) is 0.